The van der Waals surface area contributed by atoms with E-state index in [4.69, 9.17) is 16.3 Å². The lowest BCUT2D eigenvalue weighted by atomic mass is 10.2. The first kappa shape index (κ1) is 15.3. The third kappa shape index (κ3) is 3.92. The Morgan fingerprint density at radius 3 is 3.00 bits per heavy atom. The van der Waals surface area contributed by atoms with E-state index in [0.29, 0.717) is 17.5 Å². The van der Waals surface area contributed by atoms with Crippen LogP contribution in [0.1, 0.15) is 22.8 Å². The Labute approximate surface area is 126 Å². The third-order valence-electron chi connectivity index (χ3n) is 2.74. The monoisotopic (exact) mass is 308 g/mol. The molecule has 110 valence electrons. The number of pyridine rings is 1. The number of hydrogen-bond donors (Lipinski definition) is 1. The molecule has 0 radical (unpaired) electrons. The van der Waals surface area contributed by atoms with Crippen LogP contribution in [0.15, 0.2) is 36.5 Å². The number of ether oxygens (including phenoxy) is 1. The maximum absolute atomic E-state index is 13.6. The van der Waals surface area contributed by atoms with Crippen LogP contribution in [-0.4, -0.2) is 17.5 Å². The van der Waals surface area contributed by atoms with Gasteiger partial charge in [-0.25, -0.2) is 9.37 Å². The fourth-order valence-electron chi connectivity index (χ4n) is 1.77. The lowest BCUT2D eigenvalue weighted by Gasteiger charge is -2.10. The Morgan fingerprint density at radius 2 is 2.24 bits per heavy atom. The zero-order chi connectivity index (χ0) is 15.2. The first-order valence-corrected chi connectivity index (χ1v) is 6.79. The van der Waals surface area contributed by atoms with Crippen LogP contribution in [0, 0.1) is 5.82 Å². The summed E-state index contributed by atoms with van der Waals surface area (Å²) in [5.74, 6) is -0.707. The zero-order valence-corrected chi connectivity index (χ0v) is 12.2. The van der Waals surface area contributed by atoms with Crippen LogP contribution in [0.2, 0.25) is 5.02 Å². The second kappa shape index (κ2) is 7.04. The Balaban J connectivity index is 2.09. The number of benzene rings is 1. The molecule has 21 heavy (non-hydrogen) atoms. The second-order valence-electron chi connectivity index (χ2n) is 4.21. The molecule has 0 aliphatic rings. The average molecular weight is 309 g/mol. The van der Waals surface area contributed by atoms with Gasteiger partial charge in [-0.1, -0.05) is 17.7 Å². The van der Waals surface area contributed by atoms with Gasteiger partial charge in [0.15, 0.2) is 0 Å². The summed E-state index contributed by atoms with van der Waals surface area (Å²) in [4.78, 5) is 16.1. The van der Waals surface area contributed by atoms with Gasteiger partial charge < -0.3 is 10.1 Å². The number of hydrogen-bond acceptors (Lipinski definition) is 3. The van der Waals surface area contributed by atoms with Gasteiger partial charge in [-0.2, -0.15) is 0 Å². The summed E-state index contributed by atoms with van der Waals surface area (Å²) in [6.07, 6.45) is 1.60. The Hall–Kier alpha value is -2.14. The summed E-state index contributed by atoms with van der Waals surface area (Å²) in [5.41, 5.74) is 0.625. The van der Waals surface area contributed by atoms with Crippen molar-refractivity contribution in [2.24, 2.45) is 0 Å². The number of nitrogens with one attached hydrogen (secondary N) is 1. The molecule has 1 aromatic carbocycles. The van der Waals surface area contributed by atoms with Gasteiger partial charge in [0.1, 0.15) is 5.82 Å². The molecule has 0 aliphatic heterocycles. The minimum atomic E-state index is -0.617. The minimum Gasteiger partial charge on any atom is -0.478 e. The van der Waals surface area contributed by atoms with E-state index in [9.17, 15) is 9.18 Å². The highest BCUT2D eigenvalue weighted by molar-refractivity contribution is 6.30. The number of carbonyl (C=O) groups excluding carboxylic acids is 1. The highest BCUT2D eigenvalue weighted by Crippen LogP contribution is 2.16. The van der Waals surface area contributed by atoms with E-state index in [1.807, 2.05) is 6.92 Å². The molecule has 0 saturated heterocycles. The molecule has 0 spiro atoms. The van der Waals surface area contributed by atoms with Gasteiger partial charge in [0.05, 0.1) is 12.2 Å². The van der Waals surface area contributed by atoms with E-state index in [2.05, 4.69) is 10.3 Å². The number of rotatable bonds is 5. The molecular weight excluding hydrogens is 295 g/mol. The molecule has 1 aromatic heterocycles. The van der Waals surface area contributed by atoms with E-state index < -0.39 is 11.7 Å². The predicted molar refractivity (Wildman–Crippen MR) is 78.0 cm³/mol. The number of halogens is 2. The van der Waals surface area contributed by atoms with E-state index >= 15 is 0 Å². The number of amides is 1. The molecule has 0 unspecified atom stereocenters. The van der Waals surface area contributed by atoms with E-state index in [-0.39, 0.29) is 12.1 Å². The van der Waals surface area contributed by atoms with Crippen LogP contribution < -0.4 is 10.1 Å². The Morgan fingerprint density at radius 1 is 1.43 bits per heavy atom. The van der Waals surface area contributed by atoms with Gasteiger partial charge >= 0.3 is 0 Å². The van der Waals surface area contributed by atoms with Gasteiger partial charge in [0, 0.05) is 23.3 Å². The van der Waals surface area contributed by atoms with Crippen molar-refractivity contribution in [1.82, 2.24) is 10.3 Å². The summed E-state index contributed by atoms with van der Waals surface area (Å²) in [7, 11) is 0. The number of aromatic nitrogens is 1. The van der Waals surface area contributed by atoms with Crippen molar-refractivity contribution < 1.29 is 13.9 Å². The first-order chi connectivity index (χ1) is 10.1. The second-order valence-corrected chi connectivity index (χ2v) is 4.64. The van der Waals surface area contributed by atoms with E-state index in [1.54, 1.807) is 18.3 Å². The molecule has 0 atom stereocenters. The van der Waals surface area contributed by atoms with Crippen LogP contribution in [0.25, 0.3) is 0 Å². The summed E-state index contributed by atoms with van der Waals surface area (Å²) in [6.45, 7) is 2.51. The van der Waals surface area contributed by atoms with Crippen molar-refractivity contribution in [1.29, 1.82) is 0 Å². The van der Waals surface area contributed by atoms with Crippen molar-refractivity contribution >= 4 is 17.5 Å². The smallest absolute Gasteiger partial charge is 0.254 e. The summed E-state index contributed by atoms with van der Waals surface area (Å²) < 4.78 is 18.9. The normalized spacial score (nSPS) is 10.2. The van der Waals surface area contributed by atoms with Gasteiger partial charge in [0.25, 0.3) is 5.91 Å². The lowest BCUT2D eigenvalue weighted by molar-refractivity contribution is 0.0946. The van der Waals surface area contributed by atoms with Crippen molar-refractivity contribution in [3.8, 4) is 5.88 Å². The molecule has 4 nitrogen and oxygen atoms in total. The number of nitrogens with zero attached hydrogens (tertiary/aromatic N) is 1. The molecule has 2 rings (SSSR count). The molecule has 1 amide bonds. The number of carbonyl (C=O) groups is 1. The van der Waals surface area contributed by atoms with Gasteiger partial charge in [0.2, 0.25) is 5.88 Å². The quantitative estimate of drug-likeness (QED) is 0.923. The van der Waals surface area contributed by atoms with E-state index in [0.717, 1.165) is 11.6 Å². The third-order valence-corrected chi connectivity index (χ3v) is 2.98. The average Bonchev–Trinajstić information content (AvgIpc) is 2.49. The van der Waals surface area contributed by atoms with Gasteiger partial charge in [-0.05, 0) is 31.2 Å². The first-order valence-electron chi connectivity index (χ1n) is 6.41. The fourth-order valence-corrected chi connectivity index (χ4v) is 1.94. The highest BCUT2D eigenvalue weighted by Gasteiger charge is 2.13. The van der Waals surface area contributed by atoms with Gasteiger partial charge in [-0.3, -0.25) is 4.79 Å². The maximum atomic E-state index is 13.6. The van der Waals surface area contributed by atoms with Crippen LogP contribution in [0.3, 0.4) is 0 Å². The summed E-state index contributed by atoms with van der Waals surface area (Å²) >= 11 is 5.77. The van der Waals surface area contributed by atoms with Crippen LogP contribution in [0.5, 0.6) is 5.88 Å². The molecule has 0 aliphatic carbocycles. The lowest BCUT2D eigenvalue weighted by Crippen LogP contribution is -2.24. The fraction of sp³-hybridized carbons (Fsp3) is 0.200. The molecule has 6 heteroatoms. The van der Waals surface area contributed by atoms with Crippen LogP contribution >= 0.6 is 11.6 Å². The van der Waals surface area contributed by atoms with Crippen molar-refractivity contribution in [2.45, 2.75) is 13.5 Å². The van der Waals surface area contributed by atoms with Gasteiger partial charge in [-0.15, -0.1) is 0 Å². The standard InChI is InChI=1S/C15H14ClFN2O2/c1-2-21-15-10(4-3-7-18-15)9-19-14(20)12-8-11(16)5-6-13(12)17/h3-8H,2,9H2,1H3,(H,19,20). The van der Waals surface area contributed by atoms with E-state index in [1.165, 1.54) is 12.1 Å². The molecular formula is C15H14ClFN2O2. The predicted octanol–water partition coefficient (Wildman–Crippen LogP) is 3.20. The molecule has 1 N–H and O–H groups in total. The van der Waals surface area contributed by atoms with Crippen LogP contribution in [0.4, 0.5) is 4.39 Å². The SMILES string of the molecule is CCOc1ncccc1CNC(=O)c1cc(Cl)ccc1F. The van der Waals surface area contributed by atoms with Crippen molar-refractivity contribution in [2.75, 3.05) is 6.61 Å². The molecule has 2 aromatic rings. The largest absolute Gasteiger partial charge is 0.478 e. The zero-order valence-electron chi connectivity index (χ0n) is 11.4. The Kier molecular flexibility index (Phi) is 5.11. The molecule has 0 bridgehead atoms. The maximum Gasteiger partial charge on any atom is 0.254 e. The minimum absolute atomic E-state index is 0.0932. The highest BCUT2D eigenvalue weighted by atomic mass is 35.5. The molecule has 1 heterocycles. The topological polar surface area (TPSA) is 51.2 Å². The van der Waals surface area contributed by atoms with Crippen molar-refractivity contribution in [3.05, 3.63) is 58.5 Å². The molecule has 0 saturated carbocycles. The molecule has 0 fully saturated rings. The van der Waals surface area contributed by atoms with Crippen molar-refractivity contribution in [3.63, 3.8) is 0 Å². The summed E-state index contributed by atoms with van der Waals surface area (Å²) in [6, 6.07) is 7.37. The van der Waals surface area contributed by atoms with Crippen LogP contribution in [-0.2, 0) is 6.54 Å². The Bertz CT molecular complexity index is 649. The summed E-state index contributed by atoms with van der Waals surface area (Å²) in [5, 5.41) is 2.93.